The Morgan fingerprint density at radius 2 is 1.93 bits per heavy atom. The molecule has 15 heavy (non-hydrogen) atoms. The molecule has 1 aliphatic carbocycles. The minimum absolute atomic E-state index is 0.128. The van der Waals surface area contributed by atoms with Crippen molar-refractivity contribution >= 4 is 0 Å². The second kappa shape index (κ2) is 3.31. The van der Waals surface area contributed by atoms with Crippen molar-refractivity contribution in [2.75, 3.05) is 13.1 Å². The van der Waals surface area contributed by atoms with E-state index < -0.39 is 0 Å². The lowest BCUT2D eigenvalue weighted by Crippen LogP contribution is -2.51. The highest BCUT2D eigenvalue weighted by atomic mass is 19.1. The number of hydrogen-bond donors (Lipinski definition) is 1. The van der Waals surface area contributed by atoms with Crippen LogP contribution in [-0.2, 0) is 0 Å². The highest BCUT2D eigenvalue weighted by Crippen LogP contribution is 2.48. The van der Waals surface area contributed by atoms with Crippen molar-refractivity contribution in [1.29, 1.82) is 0 Å². The second-order valence-electron chi connectivity index (χ2n) is 5.09. The molecule has 0 radical (unpaired) electrons. The van der Waals surface area contributed by atoms with E-state index in [1.54, 1.807) is 12.1 Å². The summed E-state index contributed by atoms with van der Waals surface area (Å²) in [6, 6.07) is 7.06. The summed E-state index contributed by atoms with van der Waals surface area (Å²) < 4.78 is 12.8. The van der Waals surface area contributed by atoms with E-state index in [1.165, 1.54) is 37.9 Å². The lowest BCUT2D eigenvalue weighted by Gasteiger charge is -2.39. The first-order chi connectivity index (χ1) is 7.27. The molecule has 2 heteroatoms. The fourth-order valence-electron chi connectivity index (χ4n) is 3.03. The van der Waals surface area contributed by atoms with Gasteiger partial charge in [0.1, 0.15) is 5.82 Å². The van der Waals surface area contributed by atoms with E-state index in [1.807, 2.05) is 12.1 Å². The van der Waals surface area contributed by atoms with Gasteiger partial charge in [0.2, 0.25) is 0 Å². The standard InChI is InChI=1S/C13H16FN/c14-12-3-1-10(2-4-12)11-5-6-13(7-11)8-15-9-13/h1-4,11,15H,5-9H2. The molecule has 1 aromatic carbocycles. The Morgan fingerprint density at radius 1 is 1.20 bits per heavy atom. The molecule has 1 saturated carbocycles. The van der Waals surface area contributed by atoms with Crippen LogP contribution in [0.5, 0.6) is 0 Å². The first-order valence-electron chi connectivity index (χ1n) is 5.74. The van der Waals surface area contributed by atoms with Crippen molar-refractivity contribution in [2.45, 2.75) is 25.2 Å². The zero-order valence-corrected chi connectivity index (χ0v) is 8.80. The number of hydrogen-bond acceptors (Lipinski definition) is 1. The van der Waals surface area contributed by atoms with Crippen LogP contribution in [0.2, 0.25) is 0 Å². The van der Waals surface area contributed by atoms with Crippen molar-refractivity contribution in [1.82, 2.24) is 5.32 Å². The van der Waals surface area contributed by atoms with Gasteiger partial charge in [0.15, 0.2) is 0 Å². The molecule has 1 aliphatic heterocycles. The monoisotopic (exact) mass is 205 g/mol. The van der Waals surface area contributed by atoms with Crippen molar-refractivity contribution in [3.8, 4) is 0 Å². The summed E-state index contributed by atoms with van der Waals surface area (Å²) in [6.07, 6.45) is 3.89. The third-order valence-corrected chi connectivity index (χ3v) is 4.04. The van der Waals surface area contributed by atoms with Crippen LogP contribution in [0, 0.1) is 11.2 Å². The Balaban J connectivity index is 1.76. The topological polar surface area (TPSA) is 12.0 Å². The van der Waals surface area contributed by atoms with Crippen molar-refractivity contribution in [2.24, 2.45) is 5.41 Å². The van der Waals surface area contributed by atoms with Gasteiger partial charge in [-0.3, -0.25) is 0 Å². The van der Waals surface area contributed by atoms with Gasteiger partial charge in [-0.1, -0.05) is 12.1 Å². The Kier molecular flexibility index (Phi) is 2.06. The van der Waals surface area contributed by atoms with E-state index >= 15 is 0 Å². The van der Waals surface area contributed by atoms with Gasteiger partial charge in [0, 0.05) is 13.1 Å². The molecule has 1 nitrogen and oxygen atoms in total. The van der Waals surface area contributed by atoms with Crippen LogP contribution in [0.3, 0.4) is 0 Å². The molecule has 1 heterocycles. The molecule has 1 aromatic rings. The molecule has 2 aliphatic rings. The Labute approximate surface area is 89.7 Å². The fraction of sp³-hybridized carbons (Fsp3) is 0.538. The lowest BCUT2D eigenvalue weighted by atomic mass is 9.79. The quantitative estimate of drug-likeness (QED) is 0.743. The molecule has 80 valence electrons. The first-order valence-corrected chi connectivity index (χ1v) is 5.74. The summed E-state index contributed by atoms with van der Waals surface area (Å²) in [7, 11) is 0. The zero-order valence-electron chi connectivity index (χ0n) is 8.80. The summed E-state index contributed by atoms with van der Waals surface area (Å²) in [5.74, 6) is 0.532. The van der Waals surface area contributed by atoms with Crippen LogP contribution in [0.1, 0.15) is 30.7 Å². The van der Waals surface area contributed by atoms with Crippen LogP contribution in [0.25, 0.3) is 0 Å². The second-order valence-corrected chi connectivity index (χ2v) is 5.09. The smallest absolute Gasteiger partial charge is 0.123 e. The van der Waals surface area contributed by atoms with Gasteiger partial charge in [-0.2, -0.15) is 0 Å². The van der Waals surface area contributed by atoms with Crippen LogP contribution in [-0.4, -0.2) is 13.1 Å². The van der Waals surface area contributed by atoms with E-state index in [2.05, 4.69) is 5.32 Å². The molecule has 1 unspecified atom stereocenters. The first kappa shape index (κ1) is 9.34. The zero-order chi connectivity index (χ0) is 10.3. The number of nitrogens with one attached hydrogen (secondary N) is 1. The highest BCUT2D eigenvalue weighted by Gasteiger charge is 2.43. The van der Waals surface area contributed by atoms with Gasteiger partial charge in [0.25, 0.3) is 0 Å². The maximum Gasteiger partial charge on any atom is 0.123 e. The predicted molar refractivity (Wildman–Crippen MR) is 58.3 cm³/mol. The van der Waals surface area contributed by atoms with Crippen molar-refractivity contribution in [3.05, 3.63) is 35.6 Å². The van der Waals surface area contributed by atoms with Crippen LogP contribution < -0.4 is 5.32 Å². The SMILES string of the molecule is Fc1ccc(C2CCC3(CNC3)C2)cc1. The number of benzene rings is 1. The summed E-state index contributed by atoms with van der Waals surface area (Å²) in [5.41, 5.74) is 1.90. The van der Waals surface area contributed by atoms with E-state index in [0.717, 1.165) is 0 Å². The molecule has 2 fully saturated rings. The minimum Gasteiger partial charge on any atom is -0.316 e. The molecular weight excluding hydrogens is 189 g/mol. The Morgan fingerprint density at radius 3 is 2.47 bits per heavy atom. The van der Waals surface area contributed by atoms with E-state index in [-0.39, 0.29) is 5.82 Å². The summed E-state index contributed by atoms with van der Waals surface area (Å²) in [4.78, 5) is 0. The molecule has 1 spiro atoms. The maximum absolute atomic E-state index is 12.8. The molecule has 3 rings (SSSR count). The van der Waals surface area contributed by atoms with Gasteiger partial charge >= 0.3 is 0 Å². The van der Waals surface area contributed by atoms with Crippen LogP contribution in [0.15, 0.2) is 24.3 Å². The molecular formula is C13H16FN. The van der Waals surface area contributed by atoms with Gasteiger partial charge in [-0.25, -0.2) is 4.39 Å². The molecule has 0 bridgehead atoms. The predicted octanol–water partition coefficient (Wildman–Crippen LogP) is 2.68. The van der Waals surface area contributed by atoms with Crippen LogP contribution in [0.4, 0.5) is 4.39 Å². The summed E-state index contributed by atoms with van der Waals surface area (Å²) in [6.45, 7) is 2.37. The normalized spacial score (nSPS) is 27.9. The lowest BCUT2D eigenvalue weighted by molar-refractivity contribution is 0.175. The van der Waals surface area contributed by atoms with Gasteiger partial charge in [-0.15, -0.1) is 0 Å². The Bertz CT molecular complexity index is 353. The van der Waals surface area contributed by atoms with Crippen LogP contribution >= 0.6 is 0 Å². The van der Waals surface area contributed by atoms with Crippen molar-refractivity contribution in [3.63, 3.8) is 0 Å². The van der Waals surface area contributed by atoms with E-state index in [9.17, 15) is 4.39 Å². The van der Waals surface area contributed by atoms with E-state index in [0.29, 0.717) is 11.3 Å². The van der Waals surface area contributed by atoms with Gasteiger partial charge < -0.3 is 5.32 Å². The molecule has 0 amide bonds. The maximum atomic E-state index is 12.8. The fourth-order valence-corrected chi connectivity index (χ4v) is 3.03. The molecule has 1 N–H and O–H groups in total. The van der Waals surface area contributed by atoms with E-state index in [4.69, 9.17) is 0 Å². The average molecular weight is 205 g/mol. The highest BCUT2D eigenvalue weighted by molar-refractivity contribution is 5.23. The molecule has 1 atom stereocenters. The van der Waals surface area contributed by atoms with Crippen molar-refractivity contribution < 1.29 is 4.39 Å². The third-order valence-electron chi connectivity index (χ3n) is 4.04. The largest absolute Gasteiger partial charge is 0.316 e. The number of halogens is 1. The van der Waals surface area contributed by atoms with Gasteiger partial charge in [0.05, 0.1) is 0 Å². The molecule has 0 aromatic heterocycles. The average Bonchev–Trinajstić information content (AvgIpc) is 2.63. The number of rotatable bonds is 1. The summed E-state index contributed by atoms with van der Waals surface area (Å²) in [5, 5.41) is 3.37. The van der Waals surface area contributed by atoms with Gasteiger partial charge in [-0.05, 0) is 48.3 Å². The Hall–Kier alpha value is -0.890. The molecule has 1 saturated heterocycles. The third kappa shape index (κ3) is 1.57. The summed E-state index contributed by atoms with van der Waals surface area (Å²) >= 11 is 0. The minimum atomic E-state index is -0.128.